The second kappa shape index (κ2) is 8.15. The molecule has 0 amide bonds. The summed E-state index contributed by atoms with van der Waals surface area (Å²) < 4.78 is 32.2. The van der Waals surface area contributed by atoms with Crippen LogP contribution in [-0.2, 0) is 14.3 Å². The fraction of sp³-hybridized carbons (Fsp3) is 0.684. The largest absolute Gasteiger partial charge is 0.411 e. The van der Waals surface area contributed by atoms with Gasteiger partial charge in [-0.1, -0.05) is 51.8 Å². The Bertz CT molecular complexity index is 594. The lowest BCUT2D eigenvalue weighted by Gasteiger charge is -2.40. The monoisotopic (exact) mass is 368 g/mol. The Hall–Kier alpha value is -0.653. The van der Waals surface area contributed by atoms with Gasteiger partial charge in [0.1, 0.15) is 0 Å². The molecule has 1 saturated carbocycles. The van der Waals surface area contributed by atoms with E-state index in [1.165, 1.54) is 0 Å². The van der Waals surface area contributed by atoms with Gasteiger partial charge in [-0.05, 0) is 49.5 Å². The van der Waals surface area contributed by atoms with Crippen LogP contribution in [0.1, 0.15) is 52.9 Å². The molecule has 0 saturated heterocycles. The number of hydrogen-bond donors (Lipinski definition) is 0. The molecule has 1 fully saturated rings. The van der Waals surface area contributed by atoms with Crippen LogP contribution >= 0.6 is 0 Å². The van der Waals surface area contributed by atoms with Crippen molar-refractivity contribution in [2.24, 2.45) is 0 Å². The Labute approximate surface area is 148 Å². The second-order valence-electron chi connectivity index (χ2n) is 7.12. The highest BCUT2D eigenvalue weighted by Crippen LogP contribution is 2.41. The zero-order valence-corrected chi connectivity index (χ0v) is 17.2. The van der Waals surface area contributed by atoms with Crippen LogP contribution in [0.15, 0.2) is 35.2 Å². The highest BCUT2D eigenvalue weighted by Gasteiger charge is 2.43. The maximum atomic E-state index is 12.7. The molecule has 24 heavy (non-hydrogen) atoms. The van der Waals surface area contributed by atoms with E-state index in [0.29, 0.717) is 11.3 Å². The Morgan fingerprint density at radius 2 is 1.54 bits per heavy atom. The minimum Gasteiger partial charge on any atom is -0.411 e. The lowest BCUT2D eigenvalue weighted by Crippen LogP contribution is -2.46. The summed E-state index contributed by atoms with van der Waals surface area (Å²) >= 11 is 0. The van der Waals surface area contributed by atoms with E-state index in [2.05, 4.69) is 20.8 Å². The van der Waals surface area contributed by atoms with Crippen molar-refractivity contribution < 1.29 is 12.8 Å². The summed E-state index contributed by atoms with van der Waals surface area (Å²) in [5, 5.41) is 0. The molecular formula is C19H32O3SSi. The average molecular weight is 369 g/mol. The van der Waals surface area contributed by atoms with Gasteiger partial charge in [-0.15, -0.1) is 0 Å². The van der Waals surface area contributed by atoms with Crippen molar-refractivity contribution in [2.75, 3.05) is 5.75 Å². The molecule has 1 aromatic carbocycles. The van der Waals surface area contributed by atoms with Gasteiger partial charge >= 0.3 is 0 Å². The topological polar surface area (TPSA) is 43.4 Å². The molecule has 0 aromatic heterocycles. The molecule has 0 heterocycles. The van der Waals surface area contributed by atoms with Gasteiger partial charge in [0.05, 0.1) is 16.2 Å². The van der Waals surface area contributed by atoms with E-state index in [0.717, 1.165) is 43.8 Å². The summed E-state index contributed by atoms with van der Waals surface area (Å²) in [4.78, 5) is 0.433. The van der Waals surface area contributed by atoms with Crippen molar-refractivity contribution >= 4 is 18.2 Å². The molecule has 136 valence electrons. The van der Waals surface area contributed by atoms with Gasteiger partial charge in [-0.2, -0.15) is 0 Å². The van der Waals surface area contributed by atoms with Gasteiger partial charge in [0.25, 0.3) is 0 Å². The second-order valence-corrected chi connectivity index (χ2v) is 13.9. The van der Waals surface area contributed by atoms with Gasteiger partial charge in [-0.3, -0.25) is 0 Å². The first-order valence-electron chi connectivity index (χ1n) is 9.39. The lowest BCUT2D eigenvalue weighted by atomic mass is 9.99. The molecule has 0 bridgehead atoms. The molecule has 0 aliphatic heterocycles. The van der Waals surface area contributed by atoms with Crippen LogP contribution in [0.4, 0.5) is 0 Å². The van der Waals surface area contributed by atoms with E-state index in [1.807, 2.05) is 6.07 Å². The van der Waals surface area contributed by atoms with Crippen LogP contribution < -0.4 is 0 Å². The quantitative estimate of drug-likeness (QED) is 0.564. The van der Waals surface area contributed by atoms with Crippen LogP contribution in [0.2, 0.25) is 18.1 Å². The van der Waals surface area contributed by atoms with E-state index in [1.54, 1.807) is 24.3 Å². The third-order valence-electron chi connectivity index (χ3n) is 5.81. The molecular weight excluding hydrogens is 336 g/mol. The van der Waals surface area contributed by atoms with Crippen molar-refractivity contribution in [3.8, 4) is 0 Å². The number of benzene rings is 1. The van der Waals surface area contributed by atoms with Gasteiger partial charge < -0.3 is 4.43 Å². The van der Waals surface area contributed by atoms with Crippen LogP contribution in [0.25, 0.3) is 0 Å². The molecule has 0 N–H and O–H groups in total. The summed E-state index contributed by atoms with van der Waals surface area (Å²) in [7, 11) is -4.95. The summed E-state index contributed by atoms with van der Waals surface area (Å²) in [6.07, 6.45) is 5.00. The van der Waals surface area contributed by atoms with E-state index in [4.69, 9.17) is 4.43 Å². The van der Waals surface area contributed by atoms with Crippen molar-refractivity contribution in [1.29, 1.82) is 0 Å². The summed E-state index contributed by atoms with van der Waals surface area (Å²) in [5.41, 5.74) is -0.198. The first-order valence-corrected chi connectivity index (χ1v) is 13.6. The van der Waals surface area contributed by atoms with Gasteiger partial charge in [0.15, 0.2) is 18.2 Å². The maximum absolute atomic E-state index is 12.7. The highest BCUT2D eigenvalue weighted by molar-refractivity contribution is 7.91. The molecule has 5 heteroatoms. The highest BCUT2D eigenvalue weighted by atomic mass is 32.2. The molecule has 2 rings (SSSR count). The molecule has 1 aliphatic rings. The number of rotatable bonds is 9. The van der Waals surface area contributed by atoms with Crippen molar-refractivity contribution in [3.63, 3.8) is 0 Å². The van der Waals surface area contributed by atoms with Crippen LogP contribution in [-0.4, -0.2) is 28.1 Å². The van der Waals surface area contributed by atoms with Crippen LogP contribution in [0.3, 0.4) is 0 Å². The summed E-state index contributed by atoms with van der Waals surface area (Å²) in [6, 6.07) is 12.2. The normalized spacial score (nSPS) is 18.0. The van der Waals surface area contributed by atoms with E-state index in [-0.39, 0.29) is 11.4 Å². The third-order valence-corrected chi connectivity index (χ3v) is 12.3. The minimum absolute atomic E-state index is 0.193. The molecule has 0 unspecified atom stereocenters. The van der Waals surface area contributed by atoms with E-state index < -0.39 is 18.2 Å². The van der Waals surface area contributed by atoms with Crippen LogP contribution in [0, 0.1) is 0 Å². The Kier molecular flexibility index (Phi) is 6.68. The zero-order chi connectivity index (χ0) is 17.7. The zero-order valence-electron chi connectivity index (χ0n) is 15.4. The first-order chi connectivity index (χ1) is 11.4. The van der Waals surface area contributed by atoms with Gasteiger partial charge in [0.2, 0.25) is 0 Å². The first kappa shape index (κ1) is 19.7. The average Bonchev–Trinajstić information content (AvgIpc) is 3.08. The van der Waals surface area contributed by atoms with E-state index >= 15 is 0 Å². The molecule has 1 aliphatic carbocycles. The number of sulfone groups is 1. The third kappa shape index (κ3) is 4.49. The van der Waals surface area contributed by atoms with Crippen LogP contribution in [0.5, 0.6) is 0 Å². The molecule has 0 spiro atoms. The molecule has 3 nitrogen and oxygen atoms in total. The lowest BCUT2D eigenvalue weighted by molar-refractivity contribution is 0.0598. The van der Waals surface area contributed by atoms with Crippen molar-refractivity contribution in [3.05, 3.63) is 30.3 Å². The minimum atomic E-state index is -3.23. The fourth-order valence-electron chi connectivity index (χ4n) is 3.91. The van der Waals surface area contributed by atoms with Gasteiger partial charge in [0, 0.05) is 0 Å². The Morgan fingerprint density at radius 3 is 2.04 bits per heavy atom. The smallest absolute Gasteiger partial charge is 0.192 e. The summed E-state index contributed by atoms with van der Waals surface area (Å²) in [5.74, 6) is 0.193. The van der Waals surface area contributed by atoms with Crippen molar-refractivity contribution in [1.82, 2.24) is 0 Å². The fourth-order valence-corrected chi connectivity index (χ4v) is 8.52. The van der Waals surface area contributed by atoms with E-state index in [9.17, 15) is 8.42 Å². The Morgan fingerprint density at radius 1 is 1.00 bits per heavy atom. The Balaban J connectivity index is 2.14. The van der Waals surface area contributed by atoms with Crippen molar-refractivity contribution in [2.45, 2.75) is 81.5 Å². The number of hydrogen-bond acceptors (Lipinski definition) is 3. The summed E-state index contributed by atoms with van der Waals surface area (Å²) in [6.45, 7) is 6.72. The predicted molar refractivity (Wildman–Crippen MR) is 103 cm³/mol. The molecule has 1 aromatic rings. The molecule has 0 radical (unpaired) electrons. The maximum Gasteiger partial charge on any atom is 0.192 e. The molecule has 0 atom stereocenters. The standard InChI is InChI=1S/C19H32O3SSi/c1-4-24(5-2,6-3)22-19(14-10-11-15-19)16-17-23(20,21)18-12-8-7-9-13-18/h7-9,12-13H,4-6,10-11,14-17H2,1-3H3. The predicted octanol–water partition coefficient (Wildman–Crippen LogP) is 5.19. The SMILES string of the molecule is CC[Si](CC)(CC)OC1(CCS(=O)(=O)c2ccccc2)CCCC1. The van der Waals surface area contributed by atoms with Gasteiger partial charge in [-0.25, -0.2) is 8.42 Å².